The van der Waals surface area contributed by atoms with Gasteiger partial charge in [-0.2, -0.15) is 0 Å². The van der Waals surface area contributed by atoms with Crippen LogP contribution in [0.3, 0.4) is 0 Å². The number of aryl methyl sites for hydroxylation is 1. The number of hydrogen-bond acceptors (Lipinski definition) is 4. The van der Waals surface area contributed by atoms with E-state index in [1.165, 1.54) is 12.1 Å². The van der Waals surface area contributed by atoms with Crippen molar-refractivity contribution in [2.24, 2.45) is 0 Å². The average molecular weight is 301 g/mol. The molecule has 0 aliphatic heterocycles. The van der Waals surface area contributed by atoms with Gasteiger partial charge >= 0.3 is 5.97 Å². The fraction of sp³-hybridized carbons (Fsp3) is 0.235. The van der Waals surface area contributed by atoms with Crippen molar-refractivity contribution in [3.05, 3.63) is 59.7 Å². The lowest BCUT2D eigenvalue weighted by Crippen LogP contribution is -2.26. The summed E-state index contributed by atoms with van der Waals surface area (Å²) in [7, 11) is 0. The Hall–Kier alpha value is -2.53. The third-order valence-corrected chi connectivity index (χ3v) is 3.11. The Morgan fingerprint density at radius 2 is 1.95 bits per heavy atom. The number of anilines is 1. The highest BCUT2D eigenvalue weighted by atomic mass is 16.5. The van der Waals surface area contributed by atoms with E-state index in [9.17, 15) is 9.90 Å². The van der Waals surface area contributed by atoms with Crippen molar-refractivity contribution in [3.63, 3.8) is 0 Å². The Morgan fingerprint density at radius 3 is 2.59 bits per heavy atom. The summed E-state index contributed by atoms with van der Waals surface area (Å²) in [5.74, 6) is -0.233. The SMILES string of the molecule is Cc1cccc(OCC(O)CNc2ccc(C(=O)O)cc2)c1. The Labute approximate surface area is 129 Å². The number of aromatic carboxylic acids is 1. The minimum atomic E-state index is -0.960. The van der Waals surface area contributed by atoms with Crippen LogP contribution in [0, 0.1) is 6.92 Å². The first-order chi connectivity index (χ1) is 10.5. The molecule has 0 saturated carbocycles. The van der Waals surface area contributed by atoms with Crippen molar-refractivity contribution in [2.75, 3.05) is 18.5 Å². The summed E-state index contributed by atoms with van der Waals surface area (Å²) < 4.78 is 5.52. The van der Waals surface area contributed by atoms with Gasteiger partial charge in [0.05, 0.1) is 5.56 Å². The average Bonchev–Trinajstić information content (AvgIpc) is 2.51. The van der Waals surface area contributed by atoms with E-state index in [4.69, 9.17) is 9.84 Å². The Balaban J connectivity index is 1.77. The van der Waals surface area contributed by atoms with Crippen LogP contribution in [0.4, 0.5) is 5.69 Å². The molecule has 5 nitrogen and oxygen atoms in total. The molecule has 3 N–H and O–H groups in total. The van der Waals surface area contributed by atoms with E-state index in [0.29, 0.717) is 6.54 Å². The summed E-state index contributed by atoms with van der Waals surface area (Å²) in [5, 5.41) is 21.8. The van der Waals surface area contributed by atoms with Gasteiger partial charge in [0, 0.05) is 12.2 Å². The number of aliphatic hydroxyl groups excluding tert-OH is 1. The summed E-state index contributed by atoms with van der Waals surface area (Å²) in [6.07, 6.45) is -0.667. The number of benzene rings is 2. The summed E-state index contributed by atoms with van der Waals surface area (Å²) >= 11 is 0. The Bertz CT molecular complexity index is 625. The van der Waals surface area contributed by atoms with Gasteiger partial charge in [0.1, 0.15) is 18.5 Å². The first-order valence-corrected chi connectivity index (χ1v) is 6.99. The second-order valence-corrected chi connectivity index (χ2v) is 5.04. The molecule has 0 bridgehead atoms. The molecule has 116 valence electrons. The lowest BCUT2D eigenvalue weighted by atomic mass is 10.2. The molecule has 0 amide bonds. The van der Waals surface area contributed by atoms with Gasteiger partial charge in [-0.15, -0.1) is 0 Å². The molecule has 5 heteroatoms. The molecular formula is C17H19NO4. The van der Waals surface area contributed by atoms with Crippen molar-refractivity contribution >= 4 is 11.7 Å². The Morgan fingerprint density at radius 1 is 1.23 bits per heavy atom. The number of carboxylic acids is 1. The second kappa shape index (κ2) is 7.47. The molecular weight excluding hydrogens is 282 g/mol. The first kappa shape index (κ1) is 15.9. The minimum Gasteiger partial charge on any atom is -0.491 e. The third kappa shape index (κ3) is 4.79. The number of ether oxygens (including phenoxy) is 1. The second-order valence-electron chi connectivity index (χ2n) is 5.04. The zero-order chi connectivity index (χ0) is 15.9. The van der Waals surface area contributed by atoms with Crippen molar-refractivity contribution < 1.29 is 19.7 Å². The number of rotatable bonds is 7. The van der Waals surface area contributed by atoms with Gasteiger partial charge in [-0.05, 0) is 48.9 Å². The molecule has 2 aromatic rings. The normalized spacial score (nSPS) is 11.7. The van der Waals surface area contributed by atoms with E-state index < -0.39 is 12.1 Å². The van der Waals surface area contributed by atoms with Crippen LogP contribution in [-0.2, 0) is 0 Å². The highest BCUT2D eigenvalue weighted by Crippen LogP contribution is 2.13. The van der Waals surface area contributed by atoms with Crippen LogP contribution < -0.4 is 10.1 Å². The maximum absolute atomic E-state index is 10.7. The number of carbonyl (C=O) groups is 1. The molecule has 1 atom stereocenters. The molecule has 2 rings (SSSR count). The van der Waals surface area contributed by atoms with Crippen LogP contribution >= 0.6 is 0 Å². The van der Waals surface area contributed by atoms with E-state index in [2.05, 4.69) is 5.32 Å². The van der Waals surface area contributed by atoms with Crippen LogP contribution in [0.15, 0.2) is 48.5 Å². The lowest BCUT2D eigenvalue weighted by molar-refractivity contribution is 0.0697. The van der Waals surface area contributed by atoms with Crippen LogP contribution in [0.25, 0.3) is 0 Å². The highest BCUT2D eigenvalue weighted by molar-refractivity contribution is 5.87. The van der Waals surface area contributed by atoms with Crippen LogP contribution in [0.2, 0.25) is 0 Å². The van der Waals surface area contributed by atoms with E-state index in [0.717, 1.165) is 17.0 Å². The predicted octanol–water partition coefficient (Wildman–Crippen LogP) is 2.55. The topological polar surface area (TPSA) is 78.8 Å². The predicted molar refractivity (Wildman–Crippen MR) is 84.6 cm³/mol. The number of carboxylic acid groups (broad SMARTS) is 1. The van der Waals surface area contributed by atoms with Crippen molar-refractivity contribution in [2.45, 2.75) is 13.0 Å². The monoisotopic (exact) mass is 301 g/mol. The Kier molecular flexibility index (Phi) is 5.38. The molecule has 0 spiro atoms. The van der Waals surface area contributed by atoms with Gasteiger partial charge in [0.15, 0.2) is 0 Å². The van der Waals surface area contributed by atoms with Gasteiger partial charge in [0.25, 0.3) is 0 Å². The molecule has 0 aromatic heterocycles. The van der Waals surface area contributed by atoms with Crippen LogP contribution in [0.5, 0.6) is 5.75 Å². The molecule has 0 radical (unpaired) electrons. The fourth-order valence-corrected chi connectivity index (χ4v) is 1.92. The molecule has 2 aromatic carbocycles. The van der Waals surface area contributed by atoms with E-state index in [1.807, 2.05) is 31.2 Å². The standard InChI is InChI=1S/C17H19NO4/c1-12-3-2-4-16(9-12)22-11-15(19)10-18-14-7-5-13(6-8-14)17(20)21/h2-9,15,18-19H,10-11H2,1H3,(H,20,21). The first-order valence-electron chi connectivity index (χ1n) is 6.99. The summed E-state index contributed by atoms with van der Waals surface area (Å²) in [6, 6.07) is 14.0. The number of nitrogens with one attached hydrogen (secondary N) is 1. The smallest absolute Gasteiger partial charge is 0.335 e. The zero-order valence-electron chi connectivity index (χ0n) is 12.3. The highest BCUT2D eigenvalue weighted by Gasteiger charge is 2.06. The van der Waals surface area contributed by atoms with E-state index >= 15 is 0 Å². The number of aliphatic hydroxyl groups is 1. The molecule has 0 fully saturated rings. The fourth-order valence-electron chi connectivity index (χ4n) is 1.92. The van der Waals surface area contributed by atoms with Crippen molar-refractivity contribution in [3.8, 4) is 5.75 Å². The molecule has 22 heavy (non-hydrogen) atoms. The molecule has 0 aliphatic rings. The largest absolute Gasteiger partial charge is 0.491 e. The van der Waals surface area contributed by atoms with Gasteiger partial charge in [-0.3, -0.25) is 0 Å². The van der Waals surface area contributed by atoms with Crippen LogP contribution in [0.1, 0.15) is 15.9 Å². The maximum Gasteiger partial charge on any atom is 0.335 e. The van der Waals surface area contributed by atoms with Crippen LogP contribution in [-0.4, -0.2) is 35.4 Å². The molecule has 0 heterocycles. The van der Waals surface area contributed by atoms with E-state index in [-0.39, 0.29) is 12.2 Å². The van der Waals surface area contributed by atoms with Crippen molar-refractivity contribution in [1.29, 1.82) is 0 Å². The van der Waals surface area contributed by atoms with Gasteiger partial charge in [-0.25, -0.2) is 4.79 Å². The van der Waals surface area contributed by atoms with Gasteiger partial charge in [-0.1, -0.05) is 12.1 Å². The third-order valence-electron chi connectivity index (χ3n) is 3.11. The molecule has 1 unspecified atom stereocenters. The summed E-state index contributed by atoms with van der Waals surface area (Å²) in [5.41, 5.74) is 2.08. The van der Waals surface area contributed by atoms with Gasteiger partial charge in [0.2, 0.25) is 0 Å². The molecule has 0 saturated heterocycles. The zero-order valence-corrected chi connectivity index (χ0v) is 12.3. The van der Waals surface area contributed by atoms with Crippen molar-refractivity contribution in [1.82, 2.24) is 0 Å². The summed E-state index contributed by atoms with van der Waals surface area (Å²) in [4.78, 5) is 10.7. The molecule has 0 aliphatic carbocycles. The van der Waals surface area contributed by atoms with E-state index in [1.54, 1.807) is 12.1 Å². The number of hydrogen-bond donors (Lipinski definition) is 3. The van der Waals surface area contributed by atoms with Gasteiger partial charge < -0.3 is 20.3 Å². The lowest BCUT2D eigenvalue weighted by Gasteiger charge is -2.14. The maximum atomic E-state index is 10.7. The minimum absolute atomic E-state index is 0.184. The quantitative estimate of drug-likeness (QED) is 0.732. The summed E-state index contributed by atoms with van der Waals surface area (Å²) in [6.45, 7) is 2.48.